The summed E-state index contributed by atoms with van der Waals surface area (Å²) in [6.07, 6.45) is -0.550. The Labute approximate surface area is 151 Å². The minimum atomic E-state index is -0.550. The highest BCUT2D eigenvalue weighted by Crippen LogP contribution is 2.28. The van der Waals surface area contributed by atoms with E-state index in [2.05, 4.69) is 44.3 Å². The fraction of sp³-hybridized carbons (Fsp3) is 0.409. The zero-order valence-electron chi connectivity index (χ0n) is 16.1. The normalized spacial score (nSPS) is 13.4. The van der Waals surface area contributed by atoms with Gasteiger partial charge in [-0.3, -0.25) is 4.79 Å². The van der Waals surface area contributed by atoms with Gasteiger partial charge in [-0.25, -0.2) is 0 Å². The van der Waals surface area contributed by atoms with Crippen LogP contribution in [0.5, 0.6) is 5.75 Å². The second kappa shape index (κ2) is 8.19. The van der Waals surface area contributed by atoms with E-state index in [1.54, 1.807) is 6.92 Å². The zero-order valence-corrected chi connectivity index (χ0v) is 16.1. The van der Waals surface area contributed by atoms with Crippen LogP contribution < -0.4 is 10.1 Å². The summed E-state index contributed by atoms with van der Waals surface area (Å²) in [6.45, 7) is 12.1. The first-order valence-electron chi connectivity index (χ1n) is 8.92. The lowest BCUT2D eigenvalue weighted by Gasteiger charge is -2.22. The number of amides is 1. The van der Waals surface area contributed by atoms with Crippen LogP contribution in [-0.2, 0) is 4.79 Å². The van der Waals surface area contributed by atoms with E-state index in [1.807, 2.05) is 38.1 Å². The van der Waals surface area contributed by atoms with E-state index >= 15 is 0 Å². The van der Waals surface area contributed by atoms with Crippen molar-refractivity contribution in [3.8, 4) is 5.75 Å². The molecule has 0 unspecified atom stereocenters. The lowest BCUT2D eigenvalue weighted by molar-refractivity contribution is -0.127. The van der Waals surface area contributed by atoms with Crippen LogP contribution in [0.15, 0.2) is 42.5 Å². The van der Waals surface area contributed by atoms with Crippen LogP contribution in [0, 0.1) is 13.8 Å². The Morgan fingerprint density at radius 1 is 0.960 bits per heavy atom. The Kier molecular flexibility index (Phi) is 6.24. The van der Waals surface area contributed by atoms with Crippen molar-refractivity contribution in [3.05, 3.63) is 64.7 Å². The smallest absolute Gasteiger partial charge is 0.261 e. The van der Waals surface area contributed by atoms with Crippen molar-refractivity contribution in [2.24, 2.45) is 0 Å². The molecule has 2 aromatic rings. The Hall–Kier alpha value is -2.29. The molecule has 0 fully saturated rings. The molecule has 3 nitrogen and oxygen atoms in total. The summed E-state index contributed by atoms with van der Waals surface area (Å²) >= 11 is 0. The molecular formula is C22H29NO2. The Morgan fingerprint density at radius 2 is 1.64 bits per heavy atom. The van der Waals surface area contributed by atoms with Crippen molar-refractivity contribution in [2.45, 2.75) is 59.6 Å². The molecular weight excluding hydrogens is 310 g/mol. The van der Waals surface area contributed by atoms with E-state index in [0.29, 0.717) is 5.92 Å². The molecule has 0 saturated heterocycles. The zero-order chi connectivity index (χ0) is 18.6. The first-order chi connectivity index (χ1) is 11.8. The second-order valence-corrected chi connectivity index (χ2v) is 7.04. The van der Waals surface area contributed by atoms with E-state index in [4.69, 9.17) is 4.74 Å². The van der Waals surface area contributed by atoms with Gasteiger partial charge in [-0.15, -0.1) is 0 Å². The highest BCUT2D eigenvalue weighted by Gasteiger charge is 2.20. The van der Waals surface area contributed by atoms with Crippen LogP contribution in [0.3, 0.4) is 0 Å². The van der Waals surface area contributed by atoms with Gasteiger partial charge < -0.3 is 10.1 Å². The molecule has 0 heterocycles. The van der Waals surface area contributed by atoms with Gasteiger partial charge in [0.2, 0.25) is 0 Å². The van der Waals surface area contributed by atoms with Gasteiger partial charge in [-0.1, -0.05) is 50.2 Å². The lowest BCUT2D eigenvalue weighted by Crippen LogP contribution is -2.38. The van der Waals surface area contributed by atoms with Crippen LogP contribution in [-0.4, -0.2) is 12.0 Å². The van der Waals surface area contributed by atoms with Gasteiger partial charge in [0, 0.05) is 0 Å². The summed E-state index contributed by atoms with van der Waals surface area (Å²) in [6, 6.07) is 14.2. The van der Waals surface area contributed by atoms with Gasteiger partial charge in [0.05, 0.1) is 6.04 Å². The molecule has 0 aliphatic rings. The summed E-state index contributed by atoms with van der Waals surface area (Å²) in [7, 11) is 0. The highest BCUT2D eigenvalue weighted by molar-refractivity contribution is 5.81. The van der Waals surface area contributed by atoms with Crippen LogP contribution in [0.1, 0.15) is 61.9 Å². The van der Waals surface area contributed by atoms with Crippen molar-refractivity contribution < 1.29 is 9.53 Å². The summed E-state index contributed by atoms with van der Waals surface area (Å²) in [5.41, 5.74) is 4.55. The average molecular weight is 339 g/mol. The molecule has 0 bridgehead atoms. The van der Waals surface area contributed by atoms with Crippen molar-refractivity contribution >= 4 is 5.91 Å². The largest absolute Gasteiger partial charge is 0.481 e. The van der Waals surface area contributed by atoms with Crippen LogP contribution in [0.25, 0.3) is 0 Å². The van der Waals surface area contributed by atoms with E-state index < -0.39 is 6.10 Å². The molecule has 0 aromatic heterocycles. The third-order valence-corrected chi connectivity index (χ3v) is 4.48. The SMILES string of the molecule is Cc1ccc(C(C)C)c(O[C@H](C)C(=O)N[C@@H](C)c2ccccc2C)c1. The minimum absolute atomic E-state index is 0.0539. The summed E-state index contributed by atoms with van der Waals surface area (Å²) in [5, 5.41) is 3.06. The van der Waals surface area contributed by atoms with Crippen LogP contribution in [0.4, 0.5) is 0 Å². The number of ether oxygens (including phenoxy) is 1. The average Bonchev–Trinajstić information content (AvgIpc) is 2.54. The predicted molar refractivity (Wildman–Crippen MR) is 103 cm³/mol. The molecule has 0 aliphatic heterocycles. The number of hydrogen-bond donors (Lipinski definition) is 1. The van der Waals surface area contributed by atoms with E-state index in [-0.39, 0.29) is 11.9 Å². The third-order valence-electron chi connectivity index (χ3n) is 4.48. The summed E-state index contributed by atoms with van der Waals surface area (Å²) < 4.78 is 6.00. The molecule has 1 amide bonds. The molecule has 1 N–H and O–H groups in total. The Morgan fingerprint density at radius 3 is 2.28 bits per heavy atom. The first kappa shape index (κ1) is 19.0. The monoisotopic (exact) mass is 339 g/mol. The minimum Gasteiger partial charge on any atom is -0.481 e. The molecule has 0 saturated carbocycles. The molecule has 0 aliphatic carbocycles. The number of nitrogens with one attached hydrogen (secondary N) is 1. The van der Waals surface area contributed by atoms with Crippen LogP contribution >= 0.6 is 0 Å². The quantitative estimate of drug-likeness (QED) is 0.798. The van der Waals surface area contributed by atoms with Gasteiger partial charge >= 0.3 is 0 Å². The predicted octanol–water partition coefficient (Wildman–Crippen LogP) is 5.07. The molecule has 134 valence electrons. The molecule has 2 rings (SSSR count). The van der Waals surface area contributed by atoms with Crippen molar-refractivity contribution in [1.29, 1.82) is 0 Å². The molecule has 3 heteroatoms. The molecule has 2 aromatic carbocycles. The summed E-state index contributed by atoms with van der Waals surface area (Å²) in [4.78, 5) is 12.6. The molecule has 0 radical (unpaired) electrons. The highest BCUT2D eigenvalue weighted by atomic mass is 16.5. The van der Waals surface area contributed by atoms with Gasteiger partial charge in [0.1, 0.15) is 5.75 Å². The first-order valence-corrected chi connectivity index (χ1v) is 8.92. The Bertz CT molecular complexity index is 737. The number of rotatable bonds is 6. The van der Waals surface area contributed by atoms with Crippen LogP contribution in [0.2, 0.25) is 0 Å². The Balaban J connectivity index is 2.08. The number of carbonyl (C=O) groups excluding carboxylic acids is 1. The van der Waals surface area contributed by atoms with Crippen molar-refractivity contribution in [3.63, 3.8) is 0 Å². The molecule has 2 atom stereocenters. The van der Waals surface area contributed by atoms with E-state index in [9.17, 15) is 4.79 Å². The maximum Gasteiger partial charge on any atom is 0.261 e. The van der Waals surface area contributed by atoms with Crippen molar-refractivity contribution in [2.75, 3.05) is 0 Å². The second-order valence-electron chi connectivity index (χ2n) is 7.04. The third kappa shape index (κ3) is 4.85. The maximum atomic E-state index is 12.6. The van der Waals surface area contributed by atoms with Gasteiger partial charge in [-0.05, 0) is 61.9 Å². The van der Waals surface area contributed by atoms with Gasteiger partial charge in [-0.2, -0.15) is 0 Å². The fourth-order valence-electron chi connectivity index (χ4n) is 2.95. The lowest BCUT2D eigenvalue weighted by atomic mass is 10.0. The summed E-state index contributed by atoms with van der Waals surface area (Å²) in [5.74, 6) is 1.03. The number of aryl methyl sites for hydroxylation is 2. The number of benzene rings is 2. The molecule has 0 spiro atoms. The standard InChI is InChI=1S/C22H29NO2/c1-14(2)19-12-11-15(3)13-21(19)25-18(6)22(24)23-17(5)20-10-8-7-9-16(20)4/h7-14,17-18H,1-6H3,(H,23,24)/t17-,18+/m0/s1. The van der Waals surface area contributed by atoms with Gasteiger partial charge in [0.15, 0.2) is 6.10 Å². The molecule has 25 heavy (non-hydrogen) atoms. The van der Waals surface area contributed by atoms with E-state index in [1.165, 1.54) is 5.56 Å². The van der Waals surface area contributed by atoms with Crippen molar-refractivity contribution in [1.82, 2.24) is 5.32 Å². The maximum absolute atomic E-state index is 12.6. The van der Waals surface area contributed by atoms with Gasteiger partial charge in [0.25, 0.3) is 5.91 Å². The topological polar surface area (TPSA) is 38.3 Å². The number of carbonyl (C=O) groups is 1. The van der Waals surface area contributed by atoms with E-state index in [0.717, 1.165) is 22.4 Å². The number of hydrogen-bond acceptors (Lipinski definition) is 2. The fourth-order valence-corrected chi connectivity index (χ4v) is 2.95.